The molecule has 2 rings (SSSR count). The fraction of sp³-hybridized carbons (Fsp3) is 0.500. The molecule has 0 spiro atoms. The molecule has 0 bridgehead atoms. The van der Waals surface area contributed by atoms with Crippen LogP contribution in [0.1, 0.15) is 53.7 Å². The summed E-state index contributed by atoms with van der Waals surface area (Å²) in [4.78, 5) is 26.6. The van der Waals surface area contributed by atoms with Gasteiger partial charge >= 0.3 is 0 Å². The maximum absolute atomic E-state index is 12.1. The summed E-state index contributed by atoms with van der Waals surface area (Å²) in [5.74, 6) is -0.278. The molecule has 0 atom stereocenters. The summed E-state index contributed by atoms with van der Waals surface area (Å²) < 4.78 is 0. The van der Waals surface area contributed by atoms with Crippen LogP contribution in [0.3, 0.4) is 0 Å². The van der Waals surface area contributed by atoms with Crippen LogP contribution in [0.15, 0.2) is 22.5 Å². The number of aromatic amines is 1. The van der Waals surface area contributed by atoms with Gasteiger partial charge in [0.05, 0.1) is 0 Å². The molecule has 1 heterocycles. The summed E-state index contributed by atoms with van der Waals surface area (Å²) in [5.41, 5.74) is 2.84. The Bertz CT molecular complexity index is 585. The van der Waals surface area contributed by atoms with Crippen molar-refractivity contribution < 1.29 is 4.79 Å². The van der Waals surface area contributed by atoms with Gasteiger partial charge in [-0.2, -0.15) is 0 Å². The average molecular weight is 274 g/mol. The molecule has 1 aliphatic carbocycles. The summed E-state index contributed by atoms with van der Waals surface area (Å²) in [6.07, 6.45) is 7.97. The number of nitrogens with one attached hydrogen (secondary N) is 2. The van der Waals surface area contributed by atoms with Crippen LogP contribution in [0.4, 0.5) is 0 Å². The Hall–Kier alpha value is -1.84. The third kappa shape index (κ3) is 3.59. The first kappa shape index (κ1) is 14.6. The Balaban J connectivity index is 1.95. The first-order chi connectivity index (χ1) is 9.58. The van der Waals surface area contributed by atoms with E-state index in [9.17, 15) is 9.59 Å². The molecule has 0 aliphatic heterocycles. The SMILES string of the molecule is Cc1cc(C)c(C(=O)NCCC2=CCCCC2)c(=O)[nH]1. The standard InChI is InChI=1S/C16H22N2O2/c1-11-10-12(2)18-16(20)14(11)15(19)17-9-8-13-6-4-3-5-7-13/h6,10H,3-5,7-9H2,1-2H3,(H,17,19)(H,18,20). The summed E-state index contributed by atoms with van der Waals surface area (Å²) >= 11 is 0. The van der Waals surface area contributed by atoms with Gasteiger partial charge < -0.3 is 10.3 Å². The summed E-state index contributed by atoms with van der Waals surface area (Å²) in [5, 5.41) is 2.85. The molecule has 0 fully saturated rings. The molecule has 1 aliphatic rings. The normalized spacial score (nSPS) is 14.8. The highest BCUT2D eigenvalue weighted by Crippen LogP contribution is 2.19. The fourth-order valence-corrected chi connectivity index (χ4v) is 2.69. The molecule has 20 heavy (non-hydrogen) atoms. The van der Waals surface area contributed by atoms with Gasteiger partial charge in [0.15, 0.2) is 0 Å². The Kier molecular flexibility index (Phi) is 4.77. The molecule has 0 radical (unpaired) electrons. The summed E-state index contributed by atoms with van der Waals surface area (Å²) in [6.45, 7) is 4.20. The lowest BCUT2D eigenvalue weighted by molar-refractivity contribution is 0.0952. The van der Waals surface area contributed by atoms with Crippen LogP contribution in [0.25, 0.3) is 0 Å². The van der Waals surface area contributed by atoms with Crippen LogP contribution in [0, 0.1) is 13.8 Å². The number of carbonyl (C=O) groups is 1. The highest BCUT2D eigenvalue weighted by atomic mass is 16.2. The molecule has 4 heteroatoms. The van der Waals surface area contributed by atoms with Crippen molar-refractivity contribution in [2.45, 2.75) is 46.0 Å². The summed E-state index contributed by atoms with van der Waals surface area (Å²) in [6, 6.07) is 1.82. The number of hydrogen-bond donors (Lipinski definition) is 2. The van der Waals surface area contributed by atoms with E-state index in [1.807, 2.05) is 13.0 Å². The van der Waals surface area contributed by atoms with E-state index in [0.717, 1.165) is 30.5 Å². The number of carbonyl (C=O) groups excluding carboxylic acids is 1. The molecule has 4 nitrogen and oxygen atoms in total. The zero-order valence-electron chi connectivity index (χ0n) is 12.2. The first-order valence-corrected chi connectivity index (χ1v) is 7.24. The van der Waals surface area contributed by atoms with Crippen molar-refractivity contribution in [2.75, 3.05) is 6.54 Å². The maximum Gasteiger partial charge on any atom is 0.261 e. The number of hydrogen-bond acceptors (Lipinski definition) is 2. The number of allylic oxidation sites excluding steroid dienone is 1. The summed E-state index contributed by atoms with van der Waals surface area (Å²) in [7, 11) is 0. The van der Waals surface area contributed by atoms with Crippen LogP contribution in [-0.4, -0.2) is 17.4 Å². The van der Waals surface area contributed by atoms with Crippen LogP contribution in [0.2, 0.25) is 0 Å². The highest BCUT2D eigenvalue weighted by Gasteiger charge is 2.14. The zero-order chi connectivity index (χ0) is 14.5. The Labute approximate surface area is 119 Å². The van der Waals surface area contributed by atoms with E-state index in [2.05, 4.69) is 16.4 Å². The molecule has 0 saturated carbocycles. The lowest BCUT2D eigenvalue weighted by Gasteiger charge is -2.13. The average Bonchev–Trinajstić information content (AvgIpc) is 2.38. The van der Waals surface area contributed by atoms with Gasteiger partial charge in [0.1, 0.15) is 5.56 Å². The molecule has 0 unspecified atom stereocenters. The number of amides is 1. The van der Waals surface area contributed by atoms with Gasteiger partial charge in [-0.25, -0.2) is 0 Å². The molecular formula is C16H22N2O2. The zero-order valence-corrected chi connectivity index (χ0v) is 12.2. The van der Waals surface area contributed by atoms with Gasteiger partial charge in [-0.15, -0.1) is 0 Å². The van der Waals surface area contributed by atoms with Gasteiger partial charge in [0.25, 0.3) is 11.5 Å². The second kappa shape index (κ2) is 6.55. The minimum Gasteiger partial charge on any atom is -0.352 e. The number of aryl methyl sites for hydroxylation is 2. The topological polar surface area (TPSA) is 62.0 Å². The molecular weight excluding hydrogens is 252 g/mol. The molecule has 1 amide bonds. The largest absolute Gasteiger partial charge is 0.352 e. The molecule has 2 N–H and O–H groups in total. The van der Waals surface area contributed by atoms with Gasteiger partial charge in [0.2, 0.25) is 0 Å². The van der Waals surface area contributed by atoms with Crippen LogP contribution in [-0.2, 0) is 0 Å². The smallest absolute Gasteiger partial charge is 0.261 e. The van der Waals surface area contributed by atoms with E-state index in [1.54, 1.807) is 6.92 Å². The lowest BCUT2D eigenvalue weighted by Crippen LogP contribution is -2.31. The monoisotopic (exact) mass is 274 g/mol. The van der Waals surface area contributed by atoms with Crippen molar-refractivity contribution in [3.8, 4) is 0 Å². The van der Waals surface area contributed by atoms with Crippen molar-refractivity contribution in [1.29, 1.82) is 0 Å². The van der Waals surface area contributed by atoms with Crippen molar-refractivity contribution in [3.63, 3.8) is 0 Å². The Morgan fingerprint density at radius 3 is 2.80 bits per heavy atom. The van der Waals surface area contributed by atoms with E-state index >= 15 is 0 Å². The molecule has 1 aromatic heterocycles. The third-order valence-electron chi connectivity index (χ3n) is 3.71. The predicted octanol–water partition coefficient (Wildman–Crippen LogP) is 2.61. The molecule has 0 saturated heterocycles. The minimum absolute atomic E-state index is 0.230. The number of pyridine rings is 1. The van der Waals surface area contributed by atoms with Gasteiger partial charge in [0, 0.05) is 12.2 Å². The quantitative estimate of drug-likeness (QED) is 0.829. The van der Waals surface area contributed by atoms with E-state index in [-0.39, 0.29) is 17.0 Å². The third-order valence-corrected chi connectivity index (χ3v) is 3.71. The number of H-pyrrole nitrogens is 1. The van der Waals surface area contributed by atoms with E-state index in [0.29, 0.717) is 6.54 Å². The Morgan fingerprint density at radius 1 is 1.35 bits per heavy atom. The second-order valence-corrected chi connectivity index (χ2v) is 5.45. The van der Waals surface area contributed by atoms with E-state index < -0.39 is 0 Å². The molecule has 1 aromatic rings. The van der Waals surface area contributed by atoms with Gasteiger partial charge in [-0.3, -0.25) is 9.59 Å². The molecule has 0 aromatic carbocycles. The second-order valence-electron chi connectivity index (χ2n) is 5.45. The lowest BCUT2D eigenvalue weighted by atomic mass is 9.97. The Morgan fingerprint density at radius 2 is 2.15 bits per heavy atom. The maximum atomic E-state index is 12.1. The van der Waals surface area contributed by atoms with Crippen molar-refractivity contribution in [1.82, 2.24) is 10.3 Å². The van der Waals surface area contributed by atoms with E-state index in [4.69, 9.17) is 0 Å². The number of rotatable bonds is 4. The van der Waals surface area contributed by atoms with Gasteiger partial charge in [-0.05, 0) is 57.6 Å². The van der Waals surface area contributed by atoms with Crippen LogP contribution in [0.5, 0.6) is 0 Å². The first-order valence-electron chi connectivity index (χ1n) is 7.24. The minimum atomic E-state index is -0.308. The van der Waals surface area contributed by atoms with Crippen molar-refractivity contribution in [2.24, 2.45) is 0 Å². The predicted molar refractivity (Wildman–Crippen MR) is 80.0 cm³/mol. The number of aromatic nitrogens is 1. The van der Waals surface area contributed by atoms with Gasteiger partial charge in [-0.1, -0.05) is 11.6 Å². The van der Waals surface area contributed by atoms with Crippen molar-refractivity contribution in [3.05, 3.63) is 44.9 Å². The van der Waals surface area contributed by atoms with E-state index in [1.165, 1.54) is 18.4 Å². The highest BCUT2D eigenvalue weighted by molar-refractivity contribution is 5.95. The fourth-order valence-electron chi connectivity index (χ4n) is 2.69. The van der Waals surface area contributed by atoms with Crippen molar-refractivity contribution >= 4 is 5.91 Å². The molecule has 108 valence electrons. The van der Waals surface area contributed by atoms with Crippen LogP contribution < -0.4 is 10.9 Å². The van der Waals surface area contributed by atoms with Crippen LogP contribution >= 0.6 is 0 Å².